The molecule has 0 heterocycles. The topological polar surface area (TPSA) is 263 Å². The number of carboxylic acid groups (broad SMARTS) is 2. The summed E-state index contributed by atoms with van der Waals surface area (Å²) in [5.41, 5.74) is 11.1. The molecule has 4 amide bonds. The van der Waals surface area contributed by atoms with Crippen LogP contribution in [0.25, 0.3) is 0 Å². The fourth-order valence-electron chi connectivity index (χ4n) is 2.89. The first kappa shape index (κ1) is 34.4. The van der Waals surface area contributed by atoms with E-state index in [1.54, 1.807) is 0 Å². The van der Waals surface area contributed by atoms with Gasteiger partial charge in [0.1, 0.15) is 24.2 Å². The van der Waals surface area contributed by atoms with E-state index in [1.807, 2.05) is 0 Å². The molecule has 11 N–H and O–H groups in total. The summed E-state index contributed by atoms with van der Waals surface area (Å²) in [6.07, 6.45) is -1.38. The Balaban J connectivity index is 5.70. The predicted molar refractivity (Wildman–Crippen MR) is 138 cm³/mol. The van der Waals surface area contributed by atoms with Gasteiger partial charge in [-0.15, -0.1) is 0 Å². The number of unbranched alkanes of at least 4 members (excludes halogenated alkanes) is 1. The first-order chi connectivity index (χ1) is 17.3. The van der Waals surface area contributed by atoms with Crippen molar-refractivity contribution in [3.8, 4) is 0 Å². The molecule has 0 aliphatic rings. The number of nitrogens with one attached hydrogen (secondary N) is 4. The number of carbonyl (C=O) groups is 6. The van der Waals surface area contributed by atoms with Crippen molar-refractivity contribution < 1.29 is 44.1 Å². The molecule has 0 aromatic heterocycles. The molecule has 6 atom stereocenters. The highest BCUT2D eigenvalue weighted by molar-refractivity contribution is 7.80. The van der Waals surface area contributed by atoms with Gasteiger partial charge in [-0.05, 0) is 32.7 Å². The van der Waals surface area contributed by atoms with Crippen molar-refractivity contribution in [3.63, 3.8) is 0 Å². The maximum Gasteiger partial charge on any atom is 0.327 e. The lowest BCUT2D eigenvalue weighted by Crippen LogP contribution is -2.61. The maximum absolute atomic E-state index is 12.9. The molecule has 17 heteroatoms. The molecular formula is C20H36N6O9S2. The first-order valence-corrected chi connectivity index (χ1v) is 12.6. The highest BCUT2D eigenvalue weighted by Crippen LogP contribution is 2.05. The Labute approximate surface area is 224 Å². The molecule has 0 aromatic rings. The first-order valence-electron chi connectivity index (χ1n) is 11.3. The van der Waals surface area contributed by atoms with Crippen LogP contribution in [0.1, 0.15) is 32.6 Å². The van der Waals surface area contributed by atoms with E-state index in [0.717, 1.165) is 6.92 Å². The molecule has 0 saturated carbocycles. The average Bonchev–Trinajstić information content (AvgIpc) is 2.82. The smallest absolute Gasteiger partial charge is 0.327 e. The summed E-state index contributed by atoms with van der Waals surface area (Å²) in [4.78, 5) is 72.9. The van der Waals surface area contributed by atoms with E-state index in [4.69, 9.17) is 16.6 Å². The molecule has 0 unspecified atom stereocenters. The molecule has 0 bridgehead atoms. The predicted octanol–water partition coefficient (Wildman–Crippen LogP) is -3.82. The molecule has 0 aliphatic carbocycles. The lowest BCUT2D eigenvalue weighted by molar-refractivity contribution is -0.143. The number of aliphatic carboxylic acids is 2. The minimum Gasteiger partial charge on any atom is -0.481 e. The Morgan fingerprint density at radius 1 is 0.784 bits per heavy atom. The number of amides is 4. The Bertz CT molecular complexity index is 817. The number of rotatable bonds is 18. The highest BCUT2D eigenvalue weighted by Gasteiger charge is 2.34. The quantitative estimate of drug-likeness (QED) is 0.0563. The minimum atomic E-state index is -1.72. The van der Waals surface area contributed by atoms with Crippen LogP contribution < -0.4 is 32.7 Å². The lowest BCUT2D eigenvalue weighted by Gasteiger charge is -2.26. The maximum atomic E-state index is 12.9. The molecule has 212 valence electrons. The SMILES string of the molecule is C[C@@H](O)[C@H](NC(=O)[C@H](CC(=O)O)NC(=O)[C@H](CCCCN)NC(=O)[C@@H](N)CS)C(=O)N[C@@H](CS)C(=O)O. The molecule has 15 nitrogen and oxygen atoms in total. The van der Waals surface area contributed by atoms with E-state index in [-0.39, 0.29) is 17.9 Å². The average molecular weight is 569 g/mol. The molecule has 0 saturated heterocycles. The largest absolute Gasteiger partial charge is 0.481 e. The van der Waals surface area contributed by atoms with Crippen molar-refractivity contribution >= 4 is 60.8 Å². The summed E-state index contributed by atoms with van der Waals surface area (Å²) < 4.78 is 0. The van der Waals surface area contributed by atoms with Gasteiger partial charge >= 0.3 is 11.9 Å². The number of carbonyl (C=O) groups excluding carboxylic acids is 4. The summed E-state index contributed by atoms with van der Waals surface area (Å²) >= 11 is 7.74. The normalized spacial score (nSPS) is 15.7. The second kappa shape index (κ2) is 17.8. The third-order valence-corrected chi connectivity index (χ3v) is 5.74. The Hall–Kier alpha value is -2.60. The van der Waals surface area contributed by atoms with Crippen molar-refractivity contribution in [1.82, 2.24) is 21.3 Å². The van der Waals surface area contributed by atoms with Gasteiger partial charge in [-0.3, -0.25) is 24.0 Å². The van der Waals surface area contributed by atoms with Gasteiger partial charge in [0.15, 0.2) is 0 Å². The van der Waals surface area contributed by atoms with E-state index in [2.05, 4.69) is 46.5 Å². The molecule has 0 radical (unpaired) electrons. The molecule has 0 rings (SSSR count). The fourth-order valence-corrected chi connectivity index (χ4v) is 3.30. The zero-order valence-corrected chi connectivity index (χ0v) is 22.0. The van der Waals surface area contributed by atoms with Crippen LogP contribution in [0.5, 0.6) is 0 Å². The Morgan fingerprint density at radius 2 is 1.32 bits per heavy atom. The standard InChI is InChI=1S/C20H36N6O9S2/c1-9(27)15(19(33)25-13(8-37)20(34)35)26-18(32)12(6-14(28)29)24-17(31)11(4-2-3-5-21)23-16(30)10(22)7-36/h9-13,15,27,36-37H,2-8,21-22H2,1H3,(H,23,30)(H,24,31)(H,25,33)(H,26,32)(H,28,29)(H,34,35)/t9-,10+,11+,12+,13+,15+/m1/s1. The number of hydrogen-bond acceptors (Lipinski definition) is 11. The van der Waals surface area contributed by atoms with Gasteiger partial charge in [-0.2, -0.15) is 25.3 Å². The number of thiol groups is 2. The summed E-state index contributed by atoms with van der Waals surface area (Å²) in [6, 6.07) is -7.03. The van der Waals surface area contributed by atoms with Crippen molar-refractivity contribution in [1.29, 1.82) is 0 Å². The second-order valence-electron chi connectivity index (χ2n) is 8.10. The highest BCUT2D eigenvalue weighted by atomic mass is 32.1. The van der Waals surface area contributed by atoms with E-state index >= 15 is 0 Å². The third-order valence-electron chi connectivity index (χ3n) is 4.98. The van der Waals surface area contributed by atoms with E-state index < -0.39 is 78.3 Å². The molecule has 0 aromatic carbocycles. The minimum absolute atomic E-state index is 0.00817. The van der Waals surface area contributed by atoms with E-state index in [0.29, 0.717) is 19.4 Å². The fraction of sp³-hybridized carbons (Fsp3) is 0.700. The van der Waals surface area contributed by atoms with Gasteiger partial charge < -0.3 is 48.1 Å². The Morgan fingerprint density at radius 3 is 1.78 bits per heavy atom. The number of aliphatic hydroxyl groups is 1. The van der Waals surface area contributed by atoms with Gasteiger partial charge in [-0.25, -0.2) is 4.79 Å². The molecule has 0 fully saturated rings. The zero-order valence-electron chi connectivity index (χ0n) is 20.3. The lowest BCUT2D eigenvalue weighted by atomic mass is 10.1. The number of nitrogens with two attached hydrogens (primary N) is 2. The second-order valence-corrected chi connectivity index (χ2v) is 8.83. The van der Waals surface area contributed by atoms with E-state index in [9.17, 15) is 39.0 Å². The number of aliphatic hydroxyl groups excluding tert-OH is 1. The molecule has 0 spiro atoms. The summed E-state index contributed by atoms with van der Waals surface area (Å²) in [5.74, 6) is -6.97. The van der Waals surface area contributed by atoms with Crippen molar-refractivity contribution in [2.45, 2.75) is 68.9 Å². The van der Waals surface area contributed by atoms with Crippen LogP contribution in [0, 0.1) is 0 Å². The molecular weight excluding hydrogens is 532 g/mol. The summed E-state index contributed by atoms with van der Waals surface area (Å²) in [6.45, 7) is 1.46. The van der Waals surface area contributed by atoms with Crippen LogP contribution >= 0.6 is 25.3 Å². The van der Waals surface area contributed by atoms with Gasteiger partial charge in [-0.1, -0.05) is 0 Å². The van der Waals surface area contributed by atoms with E-state index in [1.165, 1.54) is 0 Å². The van der Waals surface area contributed by atoms with Crippen LogP contribution in [0.4, 0.5) is 0 Å². The molecule has 37 heavy (non-hydrogen) atoms. The summed E-state index contributed by atoms with van der Waals surface area (Å²) in [7, 11) is 0. The van der Waals surface area contributed by atoms with Crippen molar-refractivity contribution in [3.05, 3.63) is 0 Å². The van der Waals surface area contributed by atoms with Gasteiger partial charge in [0.25, 0.3) is 0 Å². The monoisotopic (exact) mass is 568 g/mol. The van der Waals surface area contributed by atoms with Crippen molar-refractivity contribution in [2.75, 3.05) is 18.1 Å². The van der Waals surface area contributed by atoms with Crippen LogP contribution in [-0.4, -0.2) is 105 Å². The Kier molecular flexibility index (Phi) is 16.5. The van der Waals surface area contributed by atoms with Crippen LogP contribution in [0.2, 0.25) is 0 Å². The van der Waals surface area contributed by atoms with Crippen molar-refractivity contribution in [2.24, 2.45) is 11.5 Å². The van der Waals surface area contributed by atoms with Crippen LogP contribution in [0.15, 0.2) is 0 Å². The zero-order chi connectivity index (χ0) is 28.7. The third kappa shape index (κ3) is 13.0. The summed E-state index contributed by atoms with van der Waals surface area (Å²) in [5, 5.41) is 37.1. The van der Waals surface area contributed by atoms with Gasteiger partial charge in [0.05, 0.1) is 18.6 Å². The van der Waals surface area contributed by atoms with Crippen LogP contribution in [-0.2, 0) is 28.8 Å². The number of carboxylic acids is 2. The number of hydrogen-bond donors (Lipinski definition) is 11. The van der Waals surface area contributed by atoms with Crippen LogP contribution in [0.3, 0.4) is 0 Å². The van der Waals surface area contributed by atoms with Gasteiger partial charge in [0, 0.05) is 11.5 Å². The molecule has 0 aliphatic heterocycles. The van der Waals surface area contributed by atoms with Gasteiger partial charge in [0.2, 0.25) is 23.6 Å².